The second kappa shape index (κ2) is 7.62. The van der Waals surface area contributed by atoms with E-state index in [0.717, 1.165) is 23.3 Å². The molecule has 0 spiro atoms. The molecule has 0 bridgehead atoms. The molecule has 0 atom stereocenters. The highest BCUT2D eigenvalue weighted by Crippen LogP contribution is 2.33. The standard InChI is InChI=1S/C20H23F3O2S/c1-18(2,24)19(3,4)25-26-13-14-7-5-8-15(11-14)16-9-6-10-17(12-16)20(21,22)23/h5-12,24H,13H2,1-4H3. The molecule has 0 radical (unpaired) electrons. The average molecular weight is 384 g/mol. The molecule has 2 aromatic carbocycles. The van der Waals surface area contributed by atoms with E-state index in [4.69, 9.17) is 4.18 Å². The van der Waals surface area contributed by atoms with Crippen molar-refractivity contribution >= 4 is 12.0 Å². The lowest BCUT2D eigenvalue weighted by Gasteiger charge is -2.35. The Morgan fingerprint density at radius 1 is 0.923 bits per heavy atom. The van der Waals surface area contributed by atoms with Gasteiger partial charge >= 0.3 is 6.18 Å². The number of halogens is 3. The zero-order valence-electron chi connectivity index (χ0n) is 15.2. The molecule has 0 aliphatic heterocycles. The first-order valence-corrected chi connectivity index (χ1v) is 9.11. The van der Waals surface area contributed by atoms with E-state index in [1.165, 1.54) is 18.1 Å². The lowest BCUT2D eigenvalue weighted by Crippen LogP contribution is -2.45. The maximum absolute atomic E-state index is 12.9. The summed E-state index contributed by atoms with van der Waals surface area (Å²) in [7, 11) is 0. The SMILES string of the molecule is CC(C)(O)C(C)(C)OSCc1cccc(-c2cccc(C(F)(F)F)c2)c1. The van der Waals surface area contributed by atoms with Crippen molar-refractivity contribution in [3.63, 3.8) is 0 Å². The molecule has 2 rings (SSSR count). The minimum Gasteiger partial charge on any atom is -0.387 e. The molecule has 2 aromatic rings. The van der Waals surface area contributed by atoms with Crippen LogP contribution in [0.3, 0.4) is 0 Å². The molecule has 2 nitrogen and oxygen atoms in total. The topological polar surface area (TPSA) is 29.5 Å². The maximum Gasteiger partial charge on any atom is 0.416 e. The zero-order valence-corrected chi connectivity index (χ0v) is 16.0. The summed E-state index contributed by atoms with van der Waals surface area (Å²) in [6.07, 6.45) is -4.36. The van der Waals surface area contributed by atoms with Gasteiger partial charge in [-0.05, 0) is 68.6 Å². The molecule has 0 saturated heterocycles. The van der Waals surface area contributed by atoms with Crippen molar-refractivity contribution < 1.29 is 22.5 Å². The van der Waals surface area contributed by atoms with E-state index in [2.05, 4.69) is 0 Å². The van der Waals surface area contributed by atoms with Crippen LogP contribution in [-0.4, -0.2) is 16.3 Å². The van der Waals surface area contributed by atoms with E-state index in [0.29, 0.717) is 11.3 Å². The van der Waals surface area contributed by atoms with Gasteiger partial charge in [0.15, 0.2) is 0 Å². The van der Waals surface area contributed by atoms with E-state index in [1.807, 2.05) is 18.2 Å². The van der Waals surface area contributed by atoms with Gasteiger partial charge in [0.25, 0.3) is 0 Å². The summed E-state index contributed by atoms with van der Waals surface area (Å²) in [5.41, 5.74) is -0.238. The number of hydrogen-bond acceptors (Lipinski definition) is 3. The van der Waals surface area contributed by atoms with Gasteiger partial charge in [0, 0.05) is 5.75 Å². The van der Waals surface area contributed by atoms with Crippen LogP contribution in [0.25, 0.3) is 11.1 Å². The van der Waals surface area contributed by atoms with Crippen molar-refractivity contribution in [1.29, 1.82) is 0 Å². The Kier molecular flexibility index (Phi) is 6.10. The molecule has 0 amide bonds. The lowest BCUT2D eigenvalue weighted by molar-refractivity contribution is -0.137. The molecule has 1 N–H and O–H groups in total. The molecule has 0 fully saturated rings. The minimum absolute atomic E-state index is 0.518. The van der Waals surface area contributed by atoms with E-state index < -0.39 is 22.9 Å². The second-order valence-electron chi connectivity index (χ2n) is 7.19. The molecule has 0 aliphatic carbocycles. The molecular formula is C20H23F3O2S. The normalized spacial score (nSPS) is 13.1. The number of hydrogen-bond donors (Lipinski definition) is 1. The van der Waals surface area contributed by atoms with Gasteiger partial charge in [0.1, 0.15) is 5.60 Å². The third-order valence-electron chi connectivity index (χ3n) is 4.42. The third kappa shape index (κ3) is 5.25. The van der Waals surface area contributed by atoms with Crippen molar-refractivity contribution in [2.24, 2.45) is 0 Å². The highest BCUT2D eigenvalue weighted by molar-refractivity contribution is 7.93. The van der Waals surface area contributed by atoms with Crippen LogP contribution in [0.15, 0.2) is 48.5 Å². The van der Waals surface area contributed by atoms with Gasteiger partial charge in [0.05, 0.1) is 11.2 Å². The van der Waals surface area contributed by atoms with Crippen LogP contribution in [0.5, 0.6) is 0 Å². The van der Waals surface area contributed by atoms with Crippen molar-refractivity contribution in [3.8, 4) is 11.1 Å². The Bertz CT molecular complexity index is 749. The molecule has 0 unspecified atom stereocenters. The molecule has 142 valence electrons. The van der Waals surface area contributed by atoms with Gasteiger partial charge in [-0.15, -0.1) is 0 Å². The summed E-state index contributed by atoms with van der Waals surface area (Å²) in [5.74, 6) is 0.520. The van der Waals surface area contributed by atoms with E-state index >= 15 is 0 Å². The zero-order chi connectivity index (χ0) is 19.6. The highest BCUT2D eigenvalue weighted by atomic mass is 32.2. The monoisotopic (exact) mass is 384 g/mol. The lowest BCUT2D eigenvalue weighted by atomic mass is 9.90. The number of benzene rings is 2. The van der Waals surface area contributed by atoms with Crippen molar-refractivity contribution in [3.05, 3.63) is 59.7 Å². The van der Waals surface area contributed by atoms with Crippen LogP contribution in [0.1, 0.15) is 38.8 Å². The quantitative estimate of drug-likeness (QED) is 0.612. The summed E-state index contributed by atoms with van der Waals surface area (Å²) in [6, 6.07) is 12.6. The number of rotatable bonds is 6. The van der Waals surface area contributed by atoms with E-state index in [1.54, 1.807) is 39.8 Å². The Balaban J connectivity index is 2.12. The van der Waals surface area contributed by atoms with Crippen LogP contribution >= 0.6 is 12.0 Å². The van der Waals surface area contributed by atoms with Gasteiger partial charge < -0.3 is 9.29 Å². The van der Waals surface area contributed by atoms with Gasteiger partial charge in [0.2, 0.25) is 0 Å². The highest BCUT2D eigenvalue weighted by Gasteiger charge is 2.36. The van der Waals surface area contributed by atoms with E-state index in [-0.39, 0.29) is 0 Å². The number of alkyl halides is 3. The predicted octanol–water partition coefficient (Wildman–Crippen LogP) is 6.09. The summed E-state index contributed by atoms with van der Waals surface area (Å²) in [6.45, 7) is 6.97. The van der Waals surface area contributed by atoms with Gasteiger partial charge in [-0.1, -0.05) is 36.4 Å². The van der Waals surface area contributed by atoms with Crippen LogP contribution in [0.4, 0.5) is 13.2 Å². The van der Waals surface area contributed by atoms with Crippen molar-refractivity contribution in [1.82, 2.24) is 0 Å². The summed E-state index contributed by atoms with van der Waals surface area (Å²) in [4.78, 5) is 0. The van der Waals surface area contributed by atoms with Crippen molar-refractivity contribution in [2.45, 2.75) is 50.8 Å². The molecule has 26 heavy (non-hydrogen) atoms. The average Bonchev–Trinajstić information content (AvgIpc) is 2.53. The first-order chi connectivity index (χ1) is 11.9. The van der Waals surface area contributed by atoms with Gasteiger partial charge in [-0.2, -0.15) is 13.2 Å². The molecular weight excluding hydrogens is 361 g/mol. The predicted molar refractivity (Wildman–Crippen MR) is 99.6 cm³/mol. The van der Waals surface area contributed by atoms with Crippen LogP contribution in [0, 0.1) is 0 Å². The summed E-state index contributed by atoms with van der Waals surface area (Å²) < 4.78 is 44.4. The fourth-order valence-corrected chi connectivity index (χ4v) is 2.94. The molecule has 0 heterocycles. The fraction of sp³-hybridized carbons (Fsp3) is 0.400. The molecule has 0 saturated carbocycles. The first-order valence-electron chi connectivity index (χ1n) is 8.20. The Hall–Kier alpha value is -1.50. The fourth-order valence-electron chi connectivity index (χ4n) is 2.06. The third-order valence-corrected chi connectivity index (χ3v) is 5.40. The Labute approximate surface area is 156 Å². The van der Waals surface area contributed by atoms with E-state index in [9.17, 15) is 18.3 Å². The van der Waals surface area contributed by atoms with Crippen molar-refractivity contribution in [2.75, 3.05) is 0 Å². The largest absolute Gasteiger partial charge is 0.416 e. The smallest absolute Gasteiger partial charge is 0.387 e. The summed E-state index contributed by atoms with van der Waals surface area (Å²) in [5, 5.41) is 10.1. The second-order valence-corrected chi connectivity index (χ2v) is 7.88. The van der Waals surface area contributed by atoms with Gasteiger partial charge in [-0.3, -0.25) is 0 Å². The number of aliphatic hydroxyl groups is 1. The van der Waals surface area contributed by atoms with Crippen LogP contribution in [-0.2, 0) is 16.1 Å². The van der Waals surface area contributed by atoms with Crippen LogP contribution in [0.2, 0.25) is 0 Å². The van der Waals surface area contributed by atoms with Gasteiger partial charge in [-0.25, -0.2) is 0 Å². The maximum atomic E-state index is 12.9. The first kappa shape index (κ1) is 20.8. The van der Waals surface area contributed by atoms with Crippen LogP contribution < -0.4 is 0 Å². The molecule has 0 aromatic heterocycles. The molecule has 0 aliphatic rings. The molecule has 6 heteroatoms. The minimum atomic E-state index is -4.36. The summed E-state index contributed by atoms with van der Waals surface area (Å²) >= 11 is 1.21. The Morgan fingerprint density at radius 3 is 2.08 bits per heavy atom. The Morgan fingerprint density at radius 2 is 1.50 bits per heavy atom.